The Kier molecular flexibility index (Phi) is 1.74. The van der Waals surface area contributed by atoms with Crippen molar-refractivity contribution in [2.45, 2.75) is 56.0 Å². The number of nitrogens with zero attached hydrogens (tertiary/aromatic N) is 1. The first kappa shape index (κ1) is 11.5. The first-order valence-electron chi connectivity index (χ1n) is 8.86. The maximum Gasteiger partial charge on any atom is 0.0518 e. The molecule has 0 radical (unpaired) electrons. The third-order valence-corrected chi connectivity index (χ3v) is 8.41. The fourth-order valence-corrected chi connectivity index (χ4v) is 7.91. The molecule has 21 heavy (non-hydrogen) atoms. The van der Waals surface area contributed by atoms with Crippen LogP contribution < -0.4 is 5.32 Å². The molecule has 2 bridgehead atoms. The predicted molar refractivity (Wildman–Crippen MR) is 84.5 cm³/mol. The highest BCUT2D eigenvalue weighted by atomic mass is 15.3. The van der Waals surface area contributed by atoms with Crippen molar-refractivity contribution in [2.75, 3.05) is 18.4 Å². The Balaban J connectivity index is 1.70. The number of hydrogen-bond acceptors (Lipinski definition) is 2. The molecule has 1 N–H and O–H groups in total. The molecule has 1 aromatic carbocycles. The monoisotopic (exact) mass is 280 g/mol. The van der Waals surface area contributed by atoms with Crippen LogP contribution in [0.25, 0.3) is 0 Å². The molecule has 3 heterocycles. The molecule has 3 aliphatic heterocycles. The lowest BCUT2D eigenvalue weighted by molar-refractivity contribution is 0.0198. The minimum atomic E-state index is 0.362. The zero-order valence-corrected chi connectivity index (χ0v) is 12.9. The van der Waals surface area contributed by atoms with Crippen LogP contribution in [0.2, 0.25) is 0 Å². The van der Waals surface area contributed by atoms with Crippen LogP contribution in [0.15, 0.2) is 24.3 Å². The Morgan fingerprint density at radius 2 is 2.00 bits per heavy atom. The smallest absolute Gasteiger partial charge is 0.0518 e. The molecule has 2 nitrogen and oxygen atoms in total. The summed E-state index contributed by atoms with van der Waals surface area (Å²) in [5, 5.41) is 4.09. The minimum absolute atomic E-state index is 0.362. The summed E-state index contributed by atoms with van der Waals surface area (Å²) in [5.41, 5.74) is 4.50. The maximum absolute atomic E-state index is 4.09. The van der Waals surface area contributed by atoms with E-state index >= 15 is 0 Å². The van der Waals surface area contributed by atoms with Crippen molar-refractivity contribution in [3.8, 4) is 0 Å². The molecule has 2 aliphatic carbocycles. The van der Waals surface area contributed by atoms with E-state index in [1.165, 1.54) is 50.9 Å². The second-order valence-electron chi connectivity index (χ2n) is 8.36. The van der Waals surface area contributed by atoms with Crippen LogP contribution >= 0.6 is 0 Å². The topological polar surface area (TPSA) is 15.3 Å². The number of para-hydroxylation sites is 1. The molecule has 5 atom stereocenters. The van der Waals surface area contributed by atoms with Gasteiger partial charge in [0.2, 0.25) is 0 Å². The molecular formula is C19H24N2. The van der Waals surface area contributed by atoms with Crippen molar-refractivity contribution in [2.24, 2.45) is 11.3 Å². The Bertz CT molecular complexity index is 655. The number of benzene rings is 1. The minimum Gasteiger partial charge on any atom is -0.378 e. The maximum atomic E-state index is 4.09. The summed E-state index contributed by atoms with van der Waals surface area (Å²) in [6.07, 6.45) is 7.14. The van der Waals surface area contributed by atoms with Crippen molar-refractivity contribution in [1.29, 1.82) is 0 Å². The molecule has 2 heteroatoms. The summed E-state index contributed by atoms with van der Waals surface area (Å²) in [6.45, 7) is 5.26. The molecule has 0 unspecified atom stereocenters. The van der Waals surface area contributed by atoms with Gasteiger partial charge in [0.05, 0.1) is 5.54 Å². The predicted octanol–water partition coefficient (Wildman–Crippen LogP) is 3.39. The van der Waals surface area contributed by atoms with Crippen LogP contribution in [0.5, 0.6) is 0 Å². The second-order valence-corrected chi connectivity index (χ2v) is 8.36. The largest absolute Gasteiger partial charge is 0.378 e. The van der Waals surface area contributed by atoms with E-state index in [9.17, 15) is 0 Å². The molecule has 3 spiro atoms. The van der Waals surface area contributed by atoms with Crippen molar-refractivity contribution in [1.82, 2.24) is 4.90 Å². The highest BCUT2D eigenvalue weighted by molar-refractivity contribution is 5.69. The van der Waals surface area contributed by atoms with Gasteiger partial charge in [-0.15, -0.1) is 0 Å². The summed E-state index contributed by atoms with van der Waals surface area (Å²) in [6, 6.07) is 10.1. The van der Waals surface area contributed by atoms with Gasteiger partial charge in [-0.1, -0.05) is 25.1 Å². The summed E-state index contributed by atoms with van der Waals surface area (Å²) < 4.78 is 0. The van der Waals surface area contributed by atoms with E-state index in [-0.39, 0.29) is 0 Å². The Morgan fingerprint density at radius 1 is 1.10 bits per heavy atom. The van der Waals surface area contributed by atoms with E-state index in [1.807, 2.05) is 0 Å². The molecule has 1 aromatic rings. The van der Waals surface area contributed by atoms with Gasteiger partial charge in [-0.3, -0.25) is 4.90 Å². The molecule has 110 valence electrons. The SMILES string of the molecule is C[C@H]1[C@]23CCCN4CC[C@@]5(c6ccccc6N[C@@]15CC2)[C@@H]43. The van der Waals surface area contributed by atoms with Gasteiger partial charge in [-0.2, -0.15) is 0 Å². The number of fused-ring (bicyclic) bond motifs is 1. The van der Waals surface area contributed by atoms with Crippen LogP contribution in [-0.2, 0) is 5.41 Å². The first-order chi connectivity index (χ1) is 10.2. The Labute approximate surface area is 126 Å². The van der Waals surface area contributed by atoms with Crippen molar-refractivity contribution >= 4 is 5.69 Å². The van der Waals surface area contributed by atoms with Gasteiger partial charge in [0, 0.05) is 17.1 Å². The quantitative estimate of drug-likeness (QED) is 0.783. The highest BCUT2D eigenvalue weighted by Gasteiger charge is 2.82. The lowest BCUT2D eigenvalue weighted by Gasteiger charge is -2.50. The zero-order chi connectivity index (χ0) is 13.9. The van der Waals surface area contributed by atoms with E-state index in [0.717, 1.165) is 12.0 Å². The number of nitrogens with one attached hydrogen (secondary N) is 1. The van der Waals surface area contributed by atoms with Gasteiger partial charge in [0.25, 0.3) is 0 Å². The first-order valence-corrected chi connectivity index (χ1v) is 8.86. The van der Waals surface area contributed by atoms with Crippen molar-refractivity contribution in [3.63, 3.8) is 0 Å². The standard InChI is InChI=1S/C19H24N2/c1-13-17-7-4-11-21-12-10-18(16(17)21)14-5-2-3-6-15(14)20-19(13,18)9-8-17/h2-3,5-6,13,16,20H,4,7-12H2,1H3/t13-,16-,17-,18+,19-/m0/s1. The number of anilines is 1. The normalized spacial score (nSPS) is 52.4. The lowest BCUT2D eigenvalue weighted by atomic mass is 9.60. The fourth-order valence-electron chi connectivity index (χ4n) is 7.91. The Morgan fingerprint density at radius 3 is 2.95 bits per heavy atom. The van der Waals surface area contributed by atoms with Gasteiger partial charge >= 0.3 is 0 Å². The summed E-state index contributed by atoms with van der Waals surface area (Å²) in [5.74, 6) is 0.825. The molecule has 2 saturated carbocycles. The molecule has 0 amide bonds. The van der Waals surface area contributed by atoms with Crippen molar-refractivity contribution < 1.29 is 0 Å². The second kappa shape index (κ2) is 3.17. The fraction of sp³-hybridized carbons (Fsp3) is 0.684. The van der Waals surface area contributed by atoms with E-state index in [2.05, 4.69) is 41.4 Å². The van der Waals surface area contributed by atoms with Crippen LogP contribution in [0.1, 0.15) is 44.6 Å². The van der Waals surface area contributed by atoms with Crippen LogP contribution in [-0.4, -0.2) is 29.6 Å². The van der Waals surface area contributed by atoms with Gasteiger partial charge in [0.15, 0.2) is 0 Å². The van der Waals surface area contributed by atoms with E-state index < -0.39 is 0 Å². The number of hydrogen-bond donors (Lipinski definition) is 1. The van der Waals surface area contributed by atoms with Gasteiger partial charge in [-0.25, -0.2) is 0 Å². The van der Waals surface area contributed by atoms with E-state index in [1.54, 1.807) is 5.56 Å². The zero-order valence-electron chi connectivity index (χ0n) is 12.9. The number of piperidine rings is 1. The Hall–Kier alpha value is -1.02. The van der Waals surface area contributed by atoms with Crippen LogP contribution in [0, 0.1) is 11.3 Å². The molecule has 5 aliphatic rings. The summed E-state index contributed by atoms with van der Waals surface area (Å²) >= 11 is 0. The summed E-state index contributed by atoms with van der Waals surface area (Å²) in [7, 11) is 0. The molecular weight excluding hydrogens is 256 g/mol. The van der Waals surface area contributed by atoms with Crippen molar-refractivity contribution in [3.05, 3.63) is 29.8 Å². The third-order valence-electron chi connectivity index (χ3n) is 8.41. The molecule has 4 fully saturated rings. The van der Waals surface area contributed by atoms with E-state index in [4.69, 9.17) is 0 Å². The highest BCUT2D eigenvalue weighted by Crippen LogP contribution is 2.78. The van der Waals surface area contributed by atoms with Gasteiger partial charge < -0.3 is 5.32 Å². The van der Waals surface area contributed by atoms with Gasteiger partial charge in [0.1, 0.15) is 0 Å². The molecule has 0 aromatic heterocycles. The van der Waals surface area contributed by atoms with Crippen LogP contribution in [0.3, 0.4) is 0 Å². The number of rotatable bonds is 0. The summed E-state index contributed by atoms with van der Waals surface area (Å²) in [4.78, 5) is 2.88. The lowest BCUT2D eigenvalue weighted by Crippen LogP contribution is -2.58. The van der Waals surface area contributed by atoms with Gasteiger partial charge in [-0.05, 0) is 68.2 Å². The van der Waals surface area contributed by atoms with Crippen LogP contribution in [0.4, 0.5) is 5.69 Å². The molecule has 2 saturated heterocycles. The third kappa shape index (κ3) is 0.900. The average Bonchev–Trinajstić information content (AvgIpc) is 3.17. The molecule has 6 rings (SSSR count). The van der Waals surface area contributed by atoms with E-state index in [0.29, 0.717) is 16.4 Å². The average molecular weight is 280 g/mol.